The van der Waals surface area contributed by atoms with Gasteiger partial charge in [0.05, 0.1) is 0 Å². The number of nitrogens with one attached hydrogen (secondary N) is 2. The molecule has 0 unspecified atom stereocenters. The molecule has 2 N–H and O–H groups in total. The van der Waals surface area contributed by atoms with Crippen molar-refractivity contribution in [2.24, 2.45) is 0 Å². The zero-order chi connectivity index (χ0) is 23.3. The summed E-state index contributed by atoms with van der Waals surface area (Å²) in [7, 11) is 0. The first kappa shape index (κ1) is 21.2. The van der Waals surface area contributed by atoms with E-state index in [1.54, 1.807) is 0 Å². The lowest BCUT2D eigenvalue weighted by atomic mass is 10.0. The molecule has 2 amide bonds. The molecule has 0 aliphatic rings. The van der Waals surface area contributed by atoms with E-state index in [4.69, 9.17) is 0 Å². The van der Waals surface area contributed by atoms with Gasteiger partial charge in [0.2, 0.25) is 0 Å². The van der Waals surface area contributed by atoms with Crippen LogP contribution in [0.3, 0.4) is 0 Å². The van der Waals surface area contributed by atoms with Crippen molar-refractivity contribution in [3.63, 3.8) is 0 Å². The van der Waals surface area contributed by atoms with Gasteiger partial charge in [-0.05, 0) is 70.4 Å². The quantitative estimate of drug-likeness (QED) is 0.307. The molecule has 0 heterocycles. The summed E-state index contributed by atoms with van der Waals surface area (Å²) in [5.74, 6) is -0.295. The van der Waals surface area contributed by atoms with Crippen LogP contribution in [0.25, 0.3) is 21.9 Å². The summed E-state index contributed by atoms with van der Waals surface area (Å²) in [6.45, 7) is 0. The molecule has 0 spiro atoms. The first-order valence-corrected chi connectivity index (χ1v) is 11.0. The maximum absolute atomic E-state index is 12.7. The maximum Gasteiger partial charge on any atom is 0.255 e. The van der Waals surface area contributed by atoms with Gasteiger partial charge in [-0.1, -0.05) is 72.8 Å². The molecule has 4 heteroatoms. The molecule has 0 bridgehead atoms. The van der Waals surface area contributed by atoms with Crippen molar-refractivity contribution < 1.29 is 9.59 Å². The number of amides is 2. The summed E-state index contributed by atoms with van der Waals surface area (Å²) in [4.78, 5) is 25.1. The highest BCUT2D eigenvalue weighted by molar-refractivity contribution is 6.06. The molecule has 0 saturated heterocycles. The molecule has 34 heavy (non-hydrogen) atoms. The lowest BCUT2D eigenvalue weighted by Crippen LogP contribution is -2.11. The summed E-state index contributed by atoms with van der Waals surface area (Å²) in [6.07, 6.45) is 0. The minimum atomic E-state index is -0.149. The largest absolute Gasteiger partial charge is 0.322 e. The van der Waals surface area contributed by atoms with Gasteiger partial charge in [-0.3, -0.25) is 9.59 Å². The van der Waals surface area contributed by atoms with Gasteiger partial charge in [-0.2, -0.15) is 0 Å². The highest BCUT2D eigenvalue weighted by atomic mass is 16.2. The minimum absolute atomic E-state index is 0.146. The highest BCUT2D eigenvalue weighted by Crippen LogP contribution is 2.23. The molecule has 0 aliphatic heterocycles. The third kappa shape index (κ3) is 4.71. The van der Waals surface area contributed by atoms with Gasteiger partial charge in [0.1, 0.15) is 0 Å². The molecule has 0 aromatic heterocycles. The number of anilines is 2. The molecule has 0 atom stereocenters. The molecule has 0 fully saturated rings. The molecule has 5 aromatic rings. The fourth-order valence-electron chi connectivity index (χ4n) is 3.82. The van der Waals surface area contributed by atoms with Gasteiger partial charge in [-0.25, -0.2) is 0 Å². The van der Waals surface area contributed by atoms with E-state index in [0.717, 1.165) is 33.3 Å². The Morgan fingerprint density at radius 1 is 0.441 bits per heavy atom. The number of benzene rings is 5. The van der Waals surface area contributed by atoms with Crippen molar-refractivity contribution in [3.05, 3.63) is 132 Å². The van der Waals surface area contributed by atoms with Crippen LogP contribution in [-0.2, 0) is 0 Å². The van der Waals surface area contributed by atoms with Crippen LogP contribution in [0.5, 0.6) is 0 Å². The van der Waals surface area contributed by atoms with Crippen LogP contribution in [-0.4, -0.2) is 11.8 Å². The Bertz CT molecular complexity index is 1460. The van der Waals surface area contributed by atoms with E-state index in [-0.39, 0.29) is 11.8 Å². The molecule has 5 rings (SSSR count). The van der Waals surface area contributed by atoms with Crippen molar-refractivity contribution in [1.29, 1.82) is 0 Å². The molecule has 0 aliphatic carbocycles. The van der Waals surface area contributed by atoms with Gasteiger partial charge in [0.15, 0.2) is 0 Å². The molecule has 5 aromatic carbocycles. The predicted molar refractivity (Wildman–Crippen MR) is 138 cm³/mol. The Kier molecular flexibility index (Phi) is 5.87. The Labute approximate surface area is 197 Å². The number of hydrogen-bond acceptors (Lipinski definition) is 2. The number of fused-ring (bicyclic) bond motifs is 1. The van der Waals surface area contributed by atoms with Crippen LogP contribution in [0, 0.1) is 0 Å². The second-order valence-corrected chi connectivity index (χ2v) is 7.99. The second kappa shape index (κ2) is 9.43. The van der Waals surface area contributed by atoms with Gasteiger partial charge < -0.3 is 10.6 Å². The van der Waals surface area contributed by atoms with E-state index in [1.165, 1.54) is 0 Å². The van der Waals surface area contributed by atoms with E-state index in [0.29, 0.717) is 11.1 Å². The fraction of sp³-hybridized carbons (Fsp3) is 0. The van der Waals surface area contributed by atoms with E-state index in [9.17, 15) is 9.59 Å². The molecular weight excluding hydrogens is 420 g/mol. The van der Waals surface area contributed by atoms with E-state index in [2.05, 4.69) is 10.6 Å². The number of para-hydroxylation sites is 1. The van der Waals surface area contributed by atoms with E-state index >= 15 is 0 Å². The van der Waals surface area contributed by atoms with Crippen molar-refractivity contribution in [2.75, 3.05) is 10.6 Å². The molecule has 4 nitrogen and oxygen atoms in total. The SMILES string of the molecule is O=C(Nc1ccccc1)c1ccc(-c2ccc(NC(=O)c3ccc4ccccc4c3)cc2)cc1. The molecular formula is C30H22N2O2. The summed E-state index contributed by atoms with van der Waals surface area (Å²) in [6, 6.07) is 38.2. The van der Waals surface area contributed by atoms with Crippen molar-refractivity contribution in [3.8, 4) is 11.1 Å². The zero-order valence-corrected chi connectivity index (χ0v) is 18.4. The first-order valence-electron chi connectivity index (χ1n) is 11.0. The second-order valence-electron chi connectivity index (χ2n) is 7.99. The summed E-state index contributed by atoms with van der Waals surface area (Å²) < 4.78 is 0. The van der Waals surface area contributed by atoms with Gasteiger partial charge >= 0.3 is 0 Å². The average molecular weight is 443 g/mol. The van der Waals surface area contributed by atoms with Crippen molar-refractivity contribution >= 4 is 34.0 Å². The summed E-state index contributed by atoms with van der Waals surface area (Å²) in [5, 5.41) is 7.98. The number of carbonyl (C=O) groups excluding carboxylic acids is 2. The Morgan fingerprint density at radius 2 is 0.941 bits per heavy atom. The Balaban J connectivity index is 1.25. The number of hydrogen-bond donors (Lipinski definition) is 2. The smallest absolute Gasteiger partial charge is 0.255 e. The van der Waals surface area contributed by atoms with Crippen LogP contribution in [0.15, 0.2) is 121 Å². The van der Waals surface area contributed by atoms with E-state index in [1.807, 2.05) is 121 Å². The lowest BCUT2D eigenvalue weighted by Gasteiger charge is -2.09. The van der Waals surface area contributed by atoms with Crippen molar-refractivity contribution in [2.45, 2.75) is 0 Å². The molecule has 0 saturated carbocycles. The van der Waals surface area contributed by atoms with Crippen LogP contribution in [0.1, 0.15) is 20.7 Å². The van der Waals surface area contributed by atoms with Gasteiger partial charge in [-0.15, -0.1) is 0 Å². The Morgan fingerprint density at radius 3 is 1.62 bits per heavy atom. The normalized spacial score (nSPS) is 10.6. The van der Waals surface area contributed by atoms with Crippen LogP contribution in [0.4, 0.5) is 11.4 Å². The monoisotopic (exact) mass is 442 g/mol. The molecule has 164 valence electrons. The fourth-order valence-corrected chi connectivity index (χ4v) is 3.82. The van der Waals surface area contributed by atoms with Crippen LogP contribution < -0.4 is 10.6 Å². The Hall–Kier alpha value is -4.70. The minimum Gasteiger partial charge on any atom is -0.322 e. The van der Waals surface area contributed by atoms with E-state index < -0.39 is 0 Å². The number of carbonyl (C=O) groups is 2. The maximum atomic E-state index is 12.7. The number of rotatable bonds is 5. The lowest BCUT2D eigenvalue weighted by molar-refractivity contribution is 0.101. The zero-order valence-electron chi connectivity index (χ0n) is 18.4. The van der Waals surface area contributed by atoms with Gasteiger partial charge in [0.25, 0.3) is 11.8 Å². The summed E-state index contributed by atoms with van der Waals surface area (Å²) >= 11 is 0. The van der Waals surface area contributed by atoms with Crippen LogP contribution in [0.2, 0.25) is 0 Å². The first-order chi connectivity index (χ1) is 16.7. The van der Waals surface area contributed by atoms with Gasteiger partial charge in [0, 0.05) is 22.5 Å². The standard InChI is InChI=1S/C30H22N2O2/c33-29(31-27-8-2-1-3-9-27)24-13-10-22(11-14-24)23-16-18-28(19-17-23)32-30(34)26-15-12-21-6-4-5-7-25(21)20-26/h1-20H,(H,31,33)(H,32,34). The summed E-state index contributed by atoms with van der Waals surface area (Å²) in [5.41, 5.74) is 4.68. The third-order valence-electron chi connectivity index (χ3n) is 5.67. The topological polar surface area (TPSA) is 58.2 Å². The predicted octanol–water partition coefficient (Wildman–Crippen LogP) is 7.01. The third-order valence-corrected chi connectivity index (χ3v) is 5.67. The van der Waals surface area contributed by atoms with Crippen molar-refractivity contribution in [1.82, 2.24) is 0 Å². The average Bonchev–Trinajstić information content (AvgIpc) is 2.89. The highest BCUT2D eigenvalue weighted by Gasteiger charge is 2.09. The molecule has 0 radical (unpaired) electrons. The van der Waals surface area contributed by atoms with Crippen LogP contribution >= 0.6 is 0 Å².